The van der Waals surface area contributed by atoms with Crippen LogP contribution < -0.4 is 15.5 Å². The summed E-state index contributed by atoms with van der Waals surface area (Å²) in [5.74, 6) is -0.492. The van der Waals surface area contributed by atoms with E-state index in [1.54, 1.807) is 0 Å². The Balaban J connectivity index is 2.29. The third-order valence-electron chi connectivity index (χ3n) is 2.88. The Hall–Kier alpha value is -1.44. The lowest BCUT2D eigenvalue weighted by atomic mass is 10.2. The van der Waals surface area contributed by atoms with Gasteiger partial charge in [-0.25, -0.2) is 0 Å². The highest BCUT2D eigenvalue weighted by molar-refractivity contribution is 14.2. The Morgan fingerprint density at radius 3 is 2.70 bits per heavy atom. The SMILES string of the molecule is CNC(=O)c1oc(COPI)cc(=O)c1OCc1ccccc1. The third-order valence-corrected chi connectivity index (χ3v) is 4.07. The minimum absolute atomic E-state index is 0.103. The first-order valence-corrected chi connectivity index (χ1v) is 10.7. The summed E-state index contributed by atoms with van der Waals surface area (Å²) in [6.07, 6.45) is 0. The monoisotopic (exact) mass is 447 g/mol. The molecule has 8 heteroatoms. The first kappa shape index (κ1) is 17.9. The fourth-order valence-electron chi connectivity index (χ4n) is 1.83. The van der Waals surface area contributed by atoms with Gasteiger partial charge in [0.1, 0.15) is 19.0 Å². The van der Waals surface area contributed by atoms with Gasteiger partial charge in [-0.15, -0.1) is 0 Å². The average molecular weight is 447 g/mol. The van der Waals surface area contributed by atoms with Crippen LogP contribution in [0.3, 0.4) is 0 Å². The van der Waals surface area contributed by atoms with Crippen molar-refractivity contribution in [1.82, 2.24) is 5.32 Å². The molecule has 1 atom stereocenters. The summed E-state index contributed by atoms with van der Waals surface area (Å²) >= 11 is 2.06. The number of benzene rings is 1. The van der Waals surface area contributed by atoms with Crippen molar-refractivity contribution in [2.75, 3.05) is 7.05 Å². The summed E-state index contributed by atoms with van der Waals surface area (Å²) in [5.41, 5.74) is 0.467. The topological polar surface area (TPSA) is 77.8 Å². The molecule has 1 amide bonds. The average Bonchev–Trinajstić information content (AvgIpc) is 2.58. The van der Waals surface area contributed by atoms with Gasteiger partial charge in [0.15, 0.2) is 0 Å². The zero-order chi connectivity index (χ0) is 16.7. The zero-order valence-corrected chi connectivity index (χ0v) is 15.5. The fourth-order valence-corrected chi connectivity index (χ4v) is 2.49. The molecule has 0 aliphatic heterocycles. The maximum Gasteiger partial charge on any atom is 0.290 e. The van der Waals surface area contributed by atoms with Gasteiger partial charge in [-0.2, -0.15) is 0 Å². The summed E-state index contributed by atoms with van der Waals surface area (Å²) in [5, 5.41) is 2.44. The number of carbonyl (C=O) groups excluding carboxylic acids is 1. The third kappa shape index (κ3) is 5.02. The second kappa shape index (κ2) is 9.00. The Bertz CT molecular complexity index is 720. The van der Waals surface area contributed by atoms with E-state index in [1.165, 1.54) is 13.1 Å². The van der Waals surface area contributed by atoms with Crippen molar-refractivity contribution in [2.45, 2.75) is 13.2 Å². The molecule has 1 aromatic heterocycles. The smallest absolute Gasteiger partial charge is 0.290 e. The van der Waals surface area contributed by atoms with Crippen LogP contribution in [-0.2, 0) is 17.7 Å². The molecule has 1 heterocycles. The fraction of sp³-hybridized carbons (Fsp3) is 0.200. The van der Waals surface area contributed by atoms with Crippen molar-refractivity contribution in [3.63, 3.8) is 0 Å². The lowest BCUT2D eigenvalue weighted by Crippen LogP contribution is -2.22. The first-order chi connectivity index (χ1) is 11.2. The van der Waals surface area contributed by atoms with Crippen LogP contribution in [0.2, 0.25) is 0 Å². The van der Waals surface area contributed by atoms with Gasteiger partial charge in [-0.1, -0.05) is 30.3 Å². The molecule has 2 rings (SSSR count). The molecule has 0 spiro atoms. The van der Waals surface area contributed by atoms with Crippen molar-refractivity contribution in [3.8, 4) is 5.75 Å². The van der Waals surface area contributed by atoms with Gasteiger partial charge in [0.05, 0.1) is 6.45 Å². The second-order valence-corrected chi connectivity index (χ2v) is 6.22. The van der Waals surface area contributed by atoms with Crippen LogP contribution >= 0.6 is 28.5 Å². The molecule has 0 saturated carbocycles. The quantitative estimate of drug-likeness (QED) is 0.522. The molecule has 1 unspecified atom stereocenters. The van der Waals surface area contributed by atoms with Crippen LogP contribution in [0.4, 0.5) is 0 Å². The van der Waals surface area contributed by atoms with E-state index in [1.807, 2.05) is 30.3 Å². The summed E-state index contributed by atoms with van der Waals surface area (Å²) in [6, 6.07) is 10.6. The van der Waals surface area contributed by atoms with Crippen LogP contribution in [0.1, 0.15) is 21.9 Å². The van der Waals surface area contributed by atoms with E-state index < -0.39 is 11.3 Å². The van der Waals surface area contributed by atoms with E-state index in [9.17, 15) is 9.59 Å². The lowest BCUT2D eigenvalue weighted by Gasteiger charge is -2.10. The molecule has 0 radical (unpaired) electrons. The molecule has 0 aliphatic rings. The highest BCUT2D eigenvalue weighted by atomic mass is 127. The highest BCUT2D eigenvalue weighted by Gasteiger charge is 2.20. The zero-order valence-electron chi connectivity index (χ0n) is 12.3. The predicted molar refractivity (Wildman–Crippen MR) is 96.3 cm³/mol. The van der Waals surface area contributed by atoms with Crippen molar-refractivity contribution < 1.29 is 18.5 Å². The van der Waals surface area contributed by atoms with Crippen LogP contribution in [0, 0.1) is 0 Å². The Morgan fingerprint density at radius 1 is 1.30 bits per heavy atom. The number of ether oxygens (including phenoxy) is 1. The molecule has 2 aromatic rings. The standard InChI is InChI=1S/C15H15INO5P/c1-17-15(19)14-13(20-8-10-5-3-2-4-6-10)12(18)7-11(22-14)9-21-23-16/h2-7,23H,8-9H2,1H3,(H,17,19). The van der Waals surface area contributed by atoms with Crippen LogP contribution in [0.15, 0.2) is 45.6 Å². The van der Waals surface area contributed by atoms with E-state index in [-0.39, 0.29) is 36.9 Å². The van der Waals surface area contributed by atoms with Gasteiger partial charge in [-0.3, -0.25) is 9.59 Å². The summed E-state index contributed by atoms with van der Waals surface area (Å²) in [4.78, 5) is 24.2. The molecule has 0 saturated heterocycles. The second-order valence-electron chi connectivity index (χ2n) is 4.45. The maximum absolute atomic E-state index is 12.2. The molecule has 23 heavy (non-hydrogen) atoms. The van der Waals surface area contributed by atoms with Crippen molar-refractivity contribution in [2.24, 2.45) is 0 Å². The Kier molecular flexibility index (Phi) is 7.01. The van der Waals surface area contributed by atoms with Crippen LogP contribution in [-0.4, -0.2) is 13.0 Å². The molecule has 122 valence electrons. The van der Waals surface area contributed by atoms with E-state index in [4.69, 9.17) is 13.7 Å². The number of hydrogen-bond donors (Lipinski definition) is 1. The van der Waals surface area contributed by atoms with Gasteiger partial charge in [0, 0.05) is 13.1 Å². The molecule has 0 aliphatic carbocycles. The van der Waals surface area contributed by atoms with Crippen molar-refractivity contribution >= 4 is 34.4 Å². The van der Waals surface area contributed by atoms with Gasteiger partial charge >= 0.3 is 0 Å². The number of carbonyl (C=O) groups is 1. The minimum atomic E-state index is -0.524. The van der Waals surface area contributed by atoms with E-state index in [0.29, 0.717) is 0 Å². The maximum atomic E-state index is 12.2. The number of nitrogens with one attached hydrogen (secondary N) is 1. The highest BCUT2D eigenvalue weighted by Crippen LogP contribution is 2.25. The molecule has 0 fully saturated rings. The van der Waals surface area contributed by atoms with Gasteiger partial charge in [0.2, 0.25) is 16.9 Å². The van der Waals surface area contributed by atoms with E-state index in [0.717, 1.165) is 5.56 Å². The van der Waals surface area contributed by atoms with Crippen LogP contribution in [0.5, 0.6) is 5.75 Å². The Morgan fingerprint density at radius 2 is 2.04 bits per heavy atom. The predicted octanol–water partition coefficient (Wildman–Crippen LogP) is 3.04. The normalized spacial score (nSPS) is 10.9. The lowest BCUT2D eigenvalue weighted by molar-refractivity contribution is 0.0919. The molecule has 0 bridgehead atoms. The molecule has 6 nitrogen and oxygen atoms in total. The molecule has 1 aromatic carbocycles. The first-order valence-electron chi connectivity index (χ1n) is 6.69. The van der Waals surface area contributed by atoms with Crippen LogP contribution in [0.25, 0.3) is 0 Å². The molecular formula is C15H15INO5P. The summed E-state index contributed by atoms with van der Waals surface area (Å²) in [6.45, 7) is 0.518. The number of rotatable bonds is 7. The van der Waals surface area contributed by atoms with Gasteiger partial charge in [0.25, 0.3) is 5.91 Å². The van der Waals surface area contributed by atoms with Gasteiger partial charge < -0.3 is 19.0 Å². The molecule has 1 N–H and O–H groups in total. The summed E-state index contributed by atoms with van der Waals surface area (Å²) < 4.78 is 16.2. The van der Waals surface area contributed by atoms with E-state index >= 15 is 0 Å². The van der Waals surface area contributed by atoms with Crippen molar-refractivity contribution in [3.05, 3.63) is 63.7 Å². The Labute approximate surface area is 147 Å². The summed E-state index contributed by atoms with van der Waals surface area (Å²) in [7, 11) is 1.46. The molecular weight excluding hydrogens is 432 g/mol. The van der Waals surface area contributed by atoms with Crippen molar-refractivity contribution in [1.29, 1.82) is 0 Å². The van der Waals surface area contributed by atoms with Gasteiger partial charge in [-0.05, 0) is 27.6 Å². The minimum Gasteiger partial charge on any atom is -0.481 e. The largest absolute Gasteiger partial charge is 0.481 e. The number of halogens is 1. The number of hydrogen-bond acceptors (Lipinski definition) is 5. The number of amides is 1. The van der Waals surface area contributed by atoms with E-state index in [2.05, 4.69) is 27.4 Å².